The highest BCUT2D eigenvalue weighted by atomic mass is 32.1. The lowest BCUT2D eigenvalue weighted by Gasteiger charge is -2.23. The number of amides is 2. The molecule has 0 radical (unpaired) electrons. The van der Waals surface area contributed by atoms with Gasteiger partial charge in [-0.15, -0.1) is 11.3 Å². The molecule has 2 atom stereocenters. The number of carbonyl (C=O) groups excluding carboxylic acids is 1. The number of ether oxygens (including phenoxy) is 1. The monoisotopic (exact) mass is 346 g/mol. The van der Waals surface area contributed by atoms with Gasteiger partial charge in [0.25, 0.3) is 0 Å². The highest BCUT2D eigenvalue weighted by Gasteiger charge is 2.28. The third-order valence-corrected chi connectivity index (χ3v) is 5.52. The van der Waals surface area contributed by atoms with Gasteiger partial charge in [0.2, 0.25) is 0 Å². The van der Waals surface area contributed by atoms with Crippen molar-refractivity contribution in [1.82, 2.24) is 10.6 Å². The van der Waals surface area contributed by atoms with Crippen LogP contribution in [0, 0.1) is 0 Å². The largest absolute Gasteiger partial charge is 0.496 e. The van der Waals surface area contributed by atoms with Crippen LogP contribution in [0.4, 0.5) is 4.79 Å². The van der Waals surface area contributed by atoms with Gasteiger partial charge in [-0.1, -0.05) is 18.2 Å². The van der Waals surface area contributed by atoms with E-state index in [9.17, 15) is 9.90 Å². The van der Waals surface area contributed by atoms with Gasteiger partial charge in [-0.2, -0.15) is 0 Å². The molecule has 5 nitrogen and oxygen atoms in total. The van der Waals surface area contributed by atoms with E-state index in [-0.39, 0.29) is 18.6 Å². The van der Waals surface area contributed by atoms with E-state index in [1.54, 1.807) is 14.0 Å². The molecule has 2 amide bonds. The average Bonchev–Trinajstić information content (AvgIpc) is 3.23. The Morgan fingerprint density at radius 3 is 2.96 bits per heavy atom. The second kappa shape index (κ2) is 6.83. The van der Waals surface area contributed by atoms with Gasteiger partial charge in [0.05, 0.1) is 19.7 Å². The Morgan fingerprint density at radius 1 is 1.42 bits per heavy atom. The molecule has 0 fully saturated rings. The molecule has 6 heteroatoms. The molecule has 3 rings (SSSR count). The zero-order valence-electron chi connectivity index (χ0n) is 13.8. The summed E-state index contributed by atoms with van der Waals surface area (Å²) in [6.45, 7) is 1.87. The lowest BCUT2D eigenvalue weighted by Crippen LogP contribution is -2.44. The number of hydrogen-bond donors (Lipinski definition) is 3. The molecule has 2 aromatic rings. The molecule has 0 saturated carbocycles. The molecule has 0 aliphatic heterocycles. The van der Waals surface area contributed by atoms with Crippen molar-refractivity contribution in [2.45, 2.75) is 31.4 Å². The molecule has 1 heterocycles. The molecular weight excluding hydrogens is 324 g/mol. The van der Waals surface area contributed by atoms with Crippen LogP contribution in [0.3, 0.4) is 0 Å². The molecule has 0 spiro atoms. The Kier molecular flexibility index (Phi) is 4.78. The summed E-state index contributed by atoms with van der Waals surface area (Å²) in [6.07, 6.45) is 1.74. The van der Waals surface area contributed by atoms with E-state index in [2.05, 4.69) is 10.6 Å². The van der Waals surface area contributed by atoms with Crippen LogP contribution in [0.2, 0.25) is 0 Å². The number of methoxy groups -OCH3 is 1. The fourth-order valence-corrected chi connectivity index (χ4v) is 3.88. The first-order valence-corrected chi connectivity index (χ1v) is 8.86. The number of rotatable bonds is 5. The van der Waals surface area contributed by atoms with Gasteiger partial charge in [-0.3, -0.25) is 0 Å². The first-order valence-electron chi connectivity index (χ1n) is 7.98. The van der Waals surface area contributed by atoms with Crippen LogP contribution < -0.4 is 15.4 Å². The highest BCUT2D eigenvalue weighted by molar-refractivity contribution is 7.10. The van der Waals surface area contributed by atoms with E-state index in [4.69, 9.17) is 4.74 Å². The van der Waals surface area contributed by atoms with Crippen molar-refractivity contribution >= 4 is 17.4 Å². The molecule has 1 aliphatic carbocycles. The Balaban J connectivity index is 1.59. The number of thiophene rings is 1. The lowest BCUT2D eigenvalue weighted by molar-refractivity contribution is 0.0630. The Morgan fingerprint density at radius 2 is 2.25 bits per heavy atom. The Hall–Kier alpha value is -2.05. The number of aliphatic hydroxyl groups is 1. The first-order chi connectivity index (χ1) is 11.5. The lowest BCUT2D eigenvalue weighted by atomic mass is 10.1. The maximum atomic E-state index is 12.2. The Labute approximate surface area is 145 Å². The van der Waals surface area contributed by atoms with Gasteiger partial charge in [0, 0.05) is 4.88 Å². The van der Waals surface area contributed by atoms with E-state index in [0.29, 0.717) is 0 Å². The van der Waals surface area contributed by atoms with E-state index in [0.717, 1.165) is 34.6 Å². The van der Waals surface area contributed by atoms with Crippen molar-refractivity contribution in [2.24, 2.45) is 0 Å². The molecule has 128 valence electrons. The van der Waals surface area contributed by atoms with E-state index in [1.807, 2.05) is 35.7 Å². The summed E-state index contributed by atoms with van der Waals surface area (Å²) in [5.74, 6) is 0.873. The first kappa shape index (κ1) is 16.8. The normalized spacial score (nSPS) is 18.5. The van der Waals surface area contributed by atoms with Crippen LogP contribution in [0.5, 0.6) is 5.75 Å². The van der Waals surface area contributed by atoms with Gasteiger partial charge in [-0.25, -0.2) is 4.79 Å². The summed E-state index contributed by atoms with van der Waals surface area (Å²) >= 11 is 1.47. The van der Waals surface area contributed by atoms with E-state index in [1.165, 1.54) is 11.3 Å². The summed E-state index contributed by atoms with van der Waals surface area (Å²) in [7, 11) is 1.66. The van der Waals surface area contributed by atoms with Crippen LogP contribution in [0.1, 0.15) is 35.4 Å². The minimum atomic E-state index is -1.07. The fourth-order valence-electron chi connectivity index (χ4n) is 3.10. The number of urea groups is 1. The fraction of sp³-hybridized carbons (Fsp3) is 0.389. The van der Waals surface area contributed by atoms with Crippen molar-refractivity contribution < 1.29 is 14.6 Å². The maximum Gasteiger partial charge on any atom is 0.315 e. The van der Waals surface area contributed by atoms with Crippen LogP contribution in [-0.2, 0) is 12.0 Å². The van der Waals surface area contributed by atoms with Gasteiger partial charge >= 0.3 is 6.03 Å². The van der Waals surface area contributed by atoms with Crippen LogP contribution in [0.25, 0.3) is 0 Å². The number of nitrogens with one attached hydrogen (secondary N) is 2. The zero-order valence-corrected chi connectivity index (χ0v) is 14.7. The summed E-state index contributed by atoms with van der Waals surface area (Å²) in [6, 6.07) is 9.37. The van der Waals surface area contributed by atoms with Crippen LogP contribution in [0.15, 0.2) is 35.7 Å². The van der Waals surface area contributed by atoms with Gasteiger partial charge in [0.1, 0.15) is 11.4 Å². The quantitative estimate of drug-likeness (QED) is 0.779. The van der Waals surface area contributed by atoms with Crippen molar-refractivity contribution in [3.05, 3.63) is 51.7 Å². The summed E-state index contributed by atoms with van der Waals surface area (Å²) in [4.78, 5) is 13.1. The minimum Gasteiger partial charge on any atom is -0.496 e. The van der Waals surface area contributed by atoms with Crippen LogP contribution in [-0.4, -0.2) is 24.8 Å². The van der Waals surface area contributed by atoms with Crippen molar-refractivity contribution in [1.29, 1.82) is 0 Å². The zero-order chi connectivity index (χ0) is 17.2. The number of carbonyl (C=O) groups is 1. The predicted molar refractivity (Wildman–Crippen MR) is 94.5 cm³/mol. The van der Waals surface area contributed by atoms with Gasteiger partial charge < -0.3 is 20.5 Å². The topological polar surface area (TPSA) is 70.6 Å². The smallest absolute Gasteiger partial charge is 0.315 e. The third kappa shape index (κ3) is 3.39. The third-order valence-electron chi connectivity index (χ3n) is 4.40. The number of fused-ring (bicyclic) bond motifs is 1. The maximum absolute atomic E-state index is 12.2. The molecule has 0 saturated heterocycles. The minimum absolute atomic E-state index is 0.0261. The van der Waals surface area contributed by atoms with Crippen molar-refractivity contribution in [3.8, 4) is 5.75 Å². The number of hydrogen-bond acceptors (Lipinski definition) is 4. The second-order valence-corrected chi connectivity index (χ2v) is 7.15. The predicted octanol–water partition coefficient (Wildman–Crippen LogP) is 2.95. The molecule has 3 N–H and O–H groups in total. The second-order valence-electron chi connectivity index (χ2n) is 6.20. The molecule has 1 aromatic carbocycles. The van der Waals surface area contributed by atoms with Gasteiger partial charge in [0.15, 0.2) is 0 Å². The van der Waals surface area contributed by atoms with E-state index < -0.39 is 5.60 Å². The summed E-state index contributed by atoms with van der Waals surface area (Å²) < 4.78 is 5.38. The Bertz CT molecular complexity index is 713. The van der Waals surface area contributed by atoms with Crippen LogP contribution >= 0.6 is 11.3 Å². The van der Waals surface area contributed by atoms with Crippen molar-refractivity contribution in [2.75, 3.05) is 13.7 Å². The average molecular weight is 346 g/mol. The van der Waals surface area contributed by atoms with E-state index >= 15 is 0 Å². The summed E-state index contributed by atoms with van der Waals surface area (Å²) in [5, 5.41) is 18.1. The molecule has 24 heavy (non-hydrogen) atoms. The molecular formula is C18H22N2O3S. The molecule has 1 aliphatic rings. The summed E-state index contributed by atoms with van der Waals surface area (Å²) in [5.41, 5.74) is 1.20. The molecule has 0 bridgehead atoms. The van der Waals surface area contributed by atoms with Crippen molar-refractivity contribution in [3.63, 3.8) is 0 Å². The molecule has 0 unspecified atom stereocenters. The number of benzene rings is 1. The molecule has 1 aromatic heterocycles. The highest BCUT2D eigenvalue weighted by Crippen LogP contribution is 2.36. The standard InChI is InChI=1S/C18H22N2O3S/c1-18(22,16-7-4-10-24-16)11-19-17(21)20-14-9-8-13-12(14)5-3-6-15(13)23-2/h3-7,10,14,22H,8-9,11H2,1-2H3,(H2,19,20,21)/t14-,18+/m0/s1. The van der Waals surface area contributed by atoms with Gasteiger partial charge in [-0.05, 0) is 48.4 Å². The SMILES string of the molecule is COc1cccc2c1CC[C@@H]2NC(=O)NC[C@@](C)(O)c1cccs1.